The Morgan fingerprint density at radius 3 is 2.70 bits per heavy atom. The van der Waals surface area contributed by atoms with Gasteiger partial charge >= 0.3 is 0 Å². The number of nitrogen functional groups attached to an aromatic ring is 1. The summed E-state index contributed by atoms with van der Waals surface area (Å²) < 4.78 is 17.7. The number of halogens is 1. The fraction of sp³-hybridized carbons (Fsp3) is 0.462. The van der Waals surface area contributed by atoms with Gasteiger partial charge in [0.05, 0.1) is 33.9 Å². The summed E-state index contributed by atoms with van der Waals surface area (Å²) in [7, 11) is -1.50. The van der Waals surface area contributed by atoms with Crippen molar-refractivity contribution < 1.29 is 13.7 Å². The largest absolute Gasteiger partial charge is 0.399 e. The molecule has 0 spiro atoms. The van der Waals surface area contributed by atoms with Gasteiger partial charge in [-0.3, -0.25) is 9.00 Å². The van der Waals surface area contributed by atoms with Crippen molar-refractivity contribution in [2.75, 3.05) is 32.0 Å². The molecule has 1 heterocycles. The number of carbonyl (C=O) groups is 1. The fourth-order valence-electron chi connectivity index (χ4n) is 2.00. The monoisotopic (exact) mass is 316 g/mol. The van der Waals surface area contributed by atoms with Gasteiger partial charge in [0, 0.05) is 18.8 Å². The van der Waals surface area contributed by atoms with Gasteiger partial charge in [0.2, 0.25) is 5.91 Å². The third-order valence-corrected chi connectivity index (χ3v) is 5.22. The van der Waals surface area contributed by atoms with Crippen molar-refractivity contribution in [3.63, 3.8) is 0 Å². The zero-order valence-corrected chi connectivity index (χ0v) is 12.7. The molecule has 0 aromatic heterocycles. The quantitative estimate of drug-likeness (QED) is 0.853. The number of nitrogens with two attached hydrogens (primary N) is 1. The highest BCUT2D eigenvalue weighted by atomic mass is 35.5. The first kappa shape index (κ1) is 15.3. The molecule has 1 fully saturated rings. The van der Waals surface area contributed by atoms with Crippen molar-refractivity contribution in [2.24, 2.45) is 0 Å². The number of anilines is 1. The highest BCUT2D eigenvalue weighted by Crippen LogP contribution is 2.25. The molecule has 1 aromatic carbocycles. The van der Waals surface area contributed by atoms with E-state index in [0.29, 0.717) is 41.9 Å². The second kappa shape index (κ2) is 6.56. The summed E-state index contributed by atoms with van der Waals surface area (Å²) in [6.07, 6.45) is 0. The highest BCUT2D eigenvalue weighted by molar-refractivity contribution is 7.86. The molecule has 1 aliphatic rings. The summed E-state index contributed by atoms with van der Waals surface area (Å²) in [6.45, 7) is 3.77. The zero-order valence-electron chi connectivity index (χ0n) is 11.2. The van der Waals surface area contributed by atoms with Crippen LogP contribution in [0.15, 0.2) is 23.1 Å². The number of amides is 1. The number of benzene rings is 1. The van der Waals surface area contributed by atoms with E-state index >= 15 is 0 Å². The van der Waals surface area contributed by atoms with Gasteiger partial charge in [-0.25, -0.2) is 0 Å². The standard InChI is InChI=1S/C13H17ClN2O3S/c1-9(13(17)16-4-6-19-7-5-16)20(18)12-3-2-10(15)8-11(12)14/h2-3,8-9H,4-7,15H2,1H3. The average Bonchev–Trinajstić information content (AvgIpc) is 2.46. The Kier molecular flexibility index (Phi) is 5.01. The van der Waals surface area contributed by atoms with Crippen molar-refractivity contribution in [1.82, 2.24) is 4.90 Å². The van der Waals surface area contributed by atoms with Crippen LogP contribution in [0.1, 0.15) is 6.92 Å². The maximum absolute atomic E-state index is 12.5. The SMILES string of the molecule is CC(C(=O)N1CCOCC1)S(=O)c1ccc(N)cc1Cl. The van der Waals surface area contributed by atoms with E-state index in [2.05, 4.69) is 0 Å². The highest BCUT2D eigenvalue weighted by Gasteiger charge is 2.28. The topological polar surface area (TPSA) is 72.6 Å². The molecule has 2 N–H and O–H groups in total. The third kappa shape index (κ3) is 3.31. The second-order valence-corrected chi connectivity index (χ2v) is 6.72. The van der Waals surface area contributed by atoms with Gasteiger partial charge in [0.15, 0.2) is 0 Å². The van der Waals surface area contributed by atoms with Crippen LogP contribution in [0.5, 0.6) is 0 Å². The molecule has 110 valence electrons. The Balaban J connectivity index is 2.13. The van der Waals surface area contributed by atoms with Crippen molar-refractivity contribution in [3.8, 4) is 0 Å². The maximum atomic E-state index is 12.5. The van der Waals surface area contributed by atoms with Gasteiger partial charge < -0.3 is 15.4 Å². The van der Waals surface area contributed by atoms with E-state index in [1.54, 1.807) is 30.0 Å². The molecule has 20 heavy (non-hydrogen) atoms. The molecule has 2 unspecified atom stereocenters. The van der Waals surface area contributed by atoms with Crippen LogP contribution < -0.4 is 5.73 Å². The lowest BCUT2D eigenvalue weighted by molar-refractivity contribution is -0.134. The van der Waals surface area contributed by atoms with E-state index in [1.165, 1.54) is 0 Å². The fourth-order valence-corrected chi connectivity index (χ4v) is 3.59. The minimum atomic E-state index is -1.50. The second-order valence-electron chi connectivity index (χ2n) is 4.57. The number of rotatable bonds is 3. The predicted molar refractivity (Wildman–Crippen MR) is 79.1 cm³/mol. The van der Waals surface area contributed by atoms with E-state index in [4.69, 9.17) is 22.1 Å². The number of morpholine rings is 1. The van der Waals surface area contributed by atoms with E-state index < -0.39 is 16.0 Å². The lowest BCUT2D eigenvalue weighted by atomic mass is 10.3. The average molecular weight is 317 g/mol. The molecule has 2 atom stereocenters. The smallest absolute Gasteiger partial charge is 0.238 e. The summed E-state index contributed by atoms with van der Waals surface area (Å²) in [5.41, 5.74) is 6.11. The summed E-state index contributed by atoms with van der Waals surface area (Å²) in [5, 5.41) is -0.320. The Hall–Kier alpha value is -1.11. The minimum Gasteiger partial charge on any atom is -0.399 e. The number of hydrogen-bond donors (Lipinski definition) is 1. The summed E-state index contributed by atoms with van der Waals surface area (Å²) in [5.74, 6) is -0.139. The lowest BCUT2D eigenvalue weighted by Gasteiger charge is -2.29. The van der Waals surface area contributed by atoms with Gasteiger partial charge in [-0.1, -0.05) is 11.6 Å². The van der Waals surface area contributed by atoms with Crippen molar-refractivity contribution >= 4 is 34.0 Å². The maximum Gasteiger partial charge on any atom is 0.238 e. The van der Waals surface area contributed by atoms with E-state index in [0.717, 1.165) is 0 Å². The van der Waals surface area contributed by atoms with Gasteiger partial charge in [-0.15, -0.1) is 0 Å². The van der Waals surface area contributed by atoms with Crippen molar-refractivity contribution in [3.05, 3.63) is 23.2 Å². The van der Waals surface area contributed by atoms with Crippen molar-refractivity contribution in [2.45, 2.75) is 17.1 Å². The van der Waals surface area contributed by atoms with Crippen LogP contribution in [0, 0.1) is 0 Å². The van der Waals surface area contributed by atoms with Gasteiger partial charge in [0.1, 0.15) is 5.25 Å². The van der Waals surface area contributed by atoms with Crippen LogP contribution in [0.2, 0.25) is 5.02 Å². The van der Waals surface area contributed by atoms with Crippen LogP contribution in [0.4, 0.5) is 5.69 Å². The molecule has 0 aliphatic carbocycles. The number of nitrogens with zero attached hydrogens (tertiary/aromatic N) is 1. The Labute approximate surface area is 125 Å². The van der Waals surface area contributed by atoms with Crippen LogP contribution in [-0.4, -0.2) is 46.6 Å². The molecule has 0 bridgehead atoms. The first-order chi connectivity index (χ1) is 9.50. The number of hydrogen-bond acceptors (Lipinski definition) is 4. The van der Waals surface area contributed by atoms with Gasteiger partial charge in [0.25, 0.3) is 0 Å². The first-order valence-electron chi connectivity index (χ1n) is 6.33. The Bertz CT molecular complexity index is 532. The third-order valence-electron chi connectivity index (χ3n) is 3.16. The van der Waals surface area contributed by atoms with Crippen LogP contribution in [0.25, 0.3) is 0 Å². The molecule has 7 heteroatoms. The summed E-state index contributed by atoms with van der Waals surface area (Å²) >= 11 is 6.04. The van der Waals surface area contributed by atoms with E-state index in [-0.39, 0.29) is 5.91 Å². The van der Waals surface area contributed by atoms with Crippen LogP contribution in [-0.2, 0) is 20.3 Å². The Morgan fingerprint density at radius 2 is 2.10 bits per heavy atom. The Morgan fingerprint density at radius 1 is 1.45 bits per heavy atom. The molecule has 0 radical (unpaired) electrons. The minimum absolute atomic E-state index is 0.139. The normalized spacial score (nSPS) is 18.6. The van der Waals surface area contributed by atoms with Gasteiger partial charge in [-0.05, 0) is 25.1 Å². The molecular formula is C13H17ClN2O3S. The number of carbonyl (C=O) groups excluding carboxylic acids is 1. The predicted octanol–water partition coefficient (Wildman–Crippen LogP) is 1.28. The summed E-state index contributed by atoms with van der Waals surface area (Å²) in [6, 6.07) is 4.78. The summed E-state index contributed by atoms with van der Waals surface area (Å²) in [4.78, 5) is 14.4. The molecule has 1 amide bonds. The van der Waals surface area contributed by atoms with E-state index in [9.17, 15) is 9.00 Å². The molecule has 1 aliphatic heterocycles. The molecule has 1 aromatic rings. The lowest BCUT2D eigenvalue weighted by Crippen LogP contribution is -2.46. The molecular weight excluding hydrogens is 300 g/mol. The van der Waals surface area contributed by atoms with Crippen LogP contribution in [0.3, 0.4) is 0 Å². The molecule has 0 saturated carbocycles. The molecule has 1 saturated heterocycles. The number of ether oxygens (including phenoxy) is 1. The molecule has 5 nitrogen and oxygen atoms in total. The zero-order chi connectivity index (χ0) is 14.7. The van der Waals surface area contributed by atoms with Crippen LogP contribution >= 0.6 is 11.6 Å². The van der Waals surface area contributed by atoms with Crippen molar-refractivity contribution in [1.29, 1.82) is 0 Å². The van der Waals surface area contributed by atoms with E-state index in [1.807, 2.05) is 0 Å². The molecule has 2 rings (SSSR count). The van der Waals surface area contributed by atoms with Gasteiger partial charge in [-0.2, -0.15) is 0 Å². The first-order valence-corrected chi connectivity index (χ1v) is 7.92.